The minimum atomic E-state index is -0.920. The number of nitrogens with one attached hydrogen (secondary N) is 1. The second-order valence-electron chi connectivity index (χ2n) is 9.16. The standard InChI is InChI=1S/C25H23F2N3O/c1-14-21-22(15-9-10-17(26)18(27)11-15)23-19(12-25(2,3)13-20(23)31)28-24(21)30(29-14)16-7-5-4-6-8-16/h4-11,22,28H,12-13H2,1-3H3. The summed E-state index contributed by atoms with van der Waals surface area (Å²) in [6.07, 6.45) is 1.10. The third-order valence-electron chi connectivity index (χ3n) is 6.15. The Bertz CT molecular complexity index is 1240. The van der Waals surface area contributed by atoms with Crippen LogP contribution in [0, 0.1) is 24.0 Å². The van der Waals surface area contributed by atoms with Gasteiger partial charge >= 0.3 is 0 Å². The van der Waals surface area contributed by atoms with Crippen LogP contribution in [0.25, 0.3) is 5.69 Å². The number of Topliss-reactive ketones (excluding diaryl/α,β-unsaturated/α-hetero) is 1. The van der Waals surface area contributed by atoms with Crippen LogP contribution in [0.15, 0.2) is 59.8 Å². The highest BCUT2D eigenvalue weighted by molar-refractivity contribution is 6.01. The minimum absolute atomic E-state index is 0.0333. The van der Waals surface area contributed by atoms with E-state index < -0.39 is 17.6 Å². The Morgan fingerprint density at radius 1 is 1.06 bits per heavy atom. The molecule has 1 aliphatic carbocycles. The number of nitrogens with zero attached hydrogens (tertiary/aromatic N) is 2. The zero-order valence-corrected chi connectivity index (χ0v) is 17.7. The van der Waals surface area contributed by atoms with Crippen molar-refractivity contribution in [2.45, 2.75) is 39.5 Å². The quantitative estimate of drug-likeness (QED) is 0.583. The number of fused-ring (bicyclic) bond motifs is 1. The largest absolute Gasteiger partial charge is 0.343 e. The van der Waals surface area contributed by atoms with Crippen LogP contribution in [0.5, 0.6) is 0 Å². The van der Waals surface area contributed by atoms with Gasteiger partial charge in [0, 0.05) is 29.2 Å². The molecule has 0 saturated carbocycles. The summed E-state index contributed by atoms with van der Waals surface area (Å²) in [5.41, 5.74) is 4.28. The van der Waals surface area contributed by atoms with Gasteiger partial charge in [-0.05, 0) is 48.6 Å². The van der Waals surface area contributed by atoms with E-state index in [1.807, 2.05) is 41.9 Å². The van der Waals surface area contributed by atoms with Crippen LogP contribution in [0.1, 0.15) is 49.4 Å². The van der Waals surface area contributed by atoms with E-state index in [0.717, 1.165) is 34.5 Å². The number of para-hydroxylation sites is 1. The molecule has 0 radical (unpaired) electrons. The van der Waals surface area contributed by atoms with Crippen molar-refractivity contribution in [3.63, 3.8) is 0 Å². The van der Waals surface area contributed by atoms with Crippen LogP contribution < -0.4 is 5.32 Å². The highest BCUT2D eigenvalue weighted by Crippen LogP contribution is 2.50. The van der Waals surface area contributed by atoms with E-state index in [1.165, 1.54) is 6.07 Å². The van der Waals surface area contributed by atoms with Gasteiger partial charge in [-0.2, -0.15) is 5.10 Å². The van der Waals surface area contributed by atoms with E-state index >= 15 is 0 Å². The average molecular weight is 419 g/mol. The van der Waals surface area contributed by atoms with Crippen molar-refractivity contribution in [1.82, 2.24) is 9.78 Å². The van der Waals surface area contributed by atoms with Gasteiger partial charge in [-0.25, -0.2) is 13.5 Å². The van der Waals surface area contributed by atoms with Gasteiger partial charge < -0.3 is 5.32 Å². The Balaban J connectivity index is 1.77. The Morgan fingerprint density at radius 3 is 2.52 bits per heavy atom. The van der Waals surface area contributed by atoms with Crippen molar-refractivity contribution in [2.24, 2.45) is 5.41 Å². The molecule has 1 N–H and O–H groups in total. The number of carbonyl (C=O) groups excluding carboxylic acids is 1. The van der Waals surface area contributed by atoms with Gasteiger partial charge in [-0.3, -0.25) is 4.79 Å². The van der Waals surface area contributed by atoms with Gasteiger partial charge in [0.2, 0.25) is 0 Å². The van der Waals surface area contributed by atoms with Gasteiger partial charge in [0.15, 0.2) is 17.4 Å². The van der Waals surface area contributed by atoms with Crippen LogP contribution in [-0.2, 0) is 4.79 Å². The molecule has 0 bridgehead atoms. The van der Waals surface area contributed by atoms with E-state index in [4.69, 9.17) is 5.10 Å². The molecule has 0 fully saturated rings. The summed E-state index contributed by atoms with van der Waals surface area (Å²) in [5.74, 6) is -1.52. The molecule has 1 atom stereocenters. The molecule has 158 valence electrons. The van der Waals surface area contributed by atoms with Gasteiger partial charge in [0.05, 0.1) is 11.4 Å². The van der Waals surface area contributed by atoms with Gasteiger partial charge in [0.1, 0.15) is 5.82 Å². The maximum absolute atomic E-state index is 14.2. The van der Waals surface area contributed by atoms with E-state index in [9.17, 15) is 13.6 Å². The number of carbonyl (C=O) groups is 1. The van der Waals surface area contributed by atoms with Crippen LogP contribution >= 0.6 is 0 Å². The normalized spacial score (nSPS) is 19.6. The van der Waals surface area contributed by atoms with Crippen molar-refractivity contribution in [3.8, 4) is 5.69 Å². The minimum Gasteiger partial charge on any atom is -0.343 e. The number of aryl methyl sites for hydroxylation is 1. The van der Waals surface area contributed by atoms with Crippen LogP contribution in [0.2, 0.25) is 0 Å². The zero-order chi connectivity index (χ0) is 21.9. The molecule has 0 saturated heterocycles. The molecule has 2 heterocycles. The molecule has 4 nitrogen and oxygen atoms in total. The highest BCUT2D eigenvalue weighted by Gasteiger charge is 2.43. The Kier molecular flexibility index (Phi) is 4.36. The predicted molar refractivity (Wildman–Crippen MR) is 115 cm³/mol. The second-order valence-corrected chi connectivity index (χ2v) is 9.16. The maximum Gasteiger partial charge on any atom is 0.162 e. The number of hydrogen-bond acceptors (Lipinski definition) is 3. The number of benzene rings is 2. The third kappa shape index (κ3) is 3.17. The van der Waals surface area contributed by atoms with Crippen molar-refractivity contribution in [2.75, 3.05) is 5.32 Å². The topological polar surface area (TPSA) is 46.9 Å². The van der Waals surface area contributed by atoms with E-state index in [0.29, 0.717) is 24.0 Å². The monoisotopic (exact) mass is 419 g/mol. The Labute approximate surface area is 179 Å². The van der Waals surface area contributed by atoms with Crippen molar-refractivity contribution < 1.29 is 13.6 Å². The average Bonchev–Trinajstić information content (AvgIpc) is 3.04. The predicted octanol–water partition coefficient (Wildman–Crippen LogP) is 5.66. The lowest BCUT2D eigenvalue weighted by molar-refractivity contribution is -0.118. The SMILES string of the molecule is Cc1nn(-c2ccccc2)c2c1C(c1ccc(F)c(F)c1)C1=C(CC(C)(C)CC1=O)N2. The molecule has 0 amide bonds. The number of halogens is 2. The summed E-state index contributed by atoms with van der Waals surface area (Å²) in [6, 6.07) is 13.6. The lowest BCUT2D eigenvalue weighted by atomic mass is 9.69. The summed E-state index contributed by atoms with van der Waals surface area (Å²) in [7, 11) is 0. The Morgan fingerprint density at radius 2 is 1.81 bits per heavy atom. The molecule has 5 rings (SSSR count). The molecule has 6 heteroatoms. The van der Waals surface area contributed by atoms with Crippen molar-refractivity contribution in [3.05, 3.63) is 88.3 Å². The molecule has 1 aromatic heterocycles. The highest BCUT2D eigenvalue weighted by atomic mass is 19.2. The van der Waals surface area contributed by atoms with Crippen molar-refractivity contribution in [1.29, 1.82) is 0 Å². The first-order valence-corrected chi connectivity index (χ1v) is 10.4. The lowest BCUT2D eigenvalue weighted by Crippen LogP contribution is -2.34. The van der Waals surface area contributed by atoms with Gasteiger partial charge in [-0.15, -0.1) is 0 Å². The first kappa shape index (κ1) is 19.7. The number of ketones is 1. The second kappa shape index (κ2) is 6.87. The molecule has 1 aliphatic heterocycles. The van der Waals surface area contributed by atoms with Gasteiger partial charge in [0.25, 0.3) is 0 Å². The molecule has 0 spiro atoms. The summed E-state index contributed by atoms with van der Waals surface area (Å²) < 4.78 is 29.7. The molecule has 31 heavy (non-hydrogen) atoms. The number of allylic oxidation sites excluding steroid dienone is 2. The molecule has 2 aromatic carbocycles. The van der Waals surface area contributed by atoms with E-state index in [1.54, 1.807) is 6.07 Å². The summed E-state index contributed by atoms with van der Waals surface area (Å²) in [6.45, 7) is 6.02. The van der Waals surface area contributed by atoms with Crippen LogP contribution in [0.4, 0.5) is 14.6 Å². The lowest BCUT2D eigenvalue weighted by Gasteiger charge is -2.38. The number of anilines is 1. The first-order chi connectivity index (χ1) is 14.7. The fourth-order valence-corrected chi connectivity index (χ4v) is 4.85. The number of rotatable bonds is 2. The molecule has 1 unspecified atom stereocenters. The Hall–Kier alpha value is -3.28. The van der Waals surface area contributed by atoms with Gasteiger partial charge in [-0.1, -0.05) is 38.1 Å². The van der Waals surface area contributed by atoms with E-state index in [-0.39, 0.29) is 11.2 Å². The summed E-state index contributed by atoms with van der Waals surface area (Å²) in [4.78, 5) is 13.3. The fraction of sp³-hybridized carbons (Fsp3) is 0.280. The van der Waals surface area contributed by atoms with Crippen molar-refractivity contribution >= 4 is 11.6 Å². The number of aromatic nitrogens is 2. The summed E-state index contributed by atoms with van der Waals surface area (Å²) in [5, 5.41) is 8.24. The molecular weight excluding hydrogens is 396 g/mol. The first-order valence-electron chi connectivity index (χ1n) is 10.4. The van der Waals surface area contributed by atoms with Crippen LogP contribution in [0.3, 0.4) is 0 Å². The van der Waals surface area contributed by atoms with E-state index in [2.05, 4.69) is 19.2 Å². The fourth-order valence-electron chi connectivity index (χ4n) is 4.85. The molecular formula is C25H23F2N3O. The summed E-state index contributed by atoms with van der Waals surface area (Å²) >= 11 is 0. The third-order valence-corrected chi connectivity index (χ3v) is 6.15. The zero-order valence-electron chi connectivity index (χ0n) is 17.7. The smallest absolute Gasteiger partial charge is 0.162 e. The van der Waals surface area contributed by atoms with Crippen LogP contribution in [-0.4, -0.2) is 15.6 Å². The molecule has 3 aromatic rings. The maximum atomic E-state index is 14.2. The number of hydrogen-bond donors (Lipinski definition) is 1. The molecule has 2 aliphatic rings.